The van der Waals surface area contributed by atoms with Gasteiger partial charge in [0.15, 0.2) is 0 Å². The van der Waals surface area contributed by atoms with Crippen LogP contribution in [0.2, 0.25) is 0 Å². The van der Waals surface area contributed by atoms with Crippen LogP contribution in [0.3, 0.4) is 0 Å². The van der Waals surface area contributed by atoms with E-state index in [0.29, 0.717) is 11.3 Å². The first-order valence-corrected chi connectivity index (χ1v) is 6.94. The summed E-state index contributed by atoms with van der Waals surface area (Å²) in [7, 11) is 0. The molecule has 1 atom stereocenters. The zero-order chi connectivity index (χ0) is 14.0. The van der Waals surface area contributed by atoms with E-state index < -0.39 is 0 Å². The Morgan fingerprint density at radius 1 is 1.42 bits per heavy atom. The van der Waals surface area contributed by atoms with Crippen LogP contribution < -0.4 is 11.1 Å². The first-order valence-electron chi connectivity index (χ1n) is 6.06. The Bertz CT molecular complexity index is 606. The summed E-state index contributed by atoms with van der Waals surface area (Å²) in [5, 5.41) is 5.79. The molecule has 2 rings (SSSR count). The lowest BCUT2D eigenvalue weighted by Crippen LogP contribution is -2.27. The topological polar surface area (TPSA) is 68.0 Å². The van der Waals surface area contributed by atoms with Crippen molar-refractivity contribution in [2.45, 2.75) is 26.8 Å². The SMILES string of the molecule is Cc1ccc(C(=O)NC(C)c2nc(C)cs2)c(N)c1. The highest BCUT2D eigenvalue weighted by Crippen LogP contribution is 2.19. The van der Waals surface area contributed by atoms with Crippen LogP contribution in [0.25, 0.3) is 0 Å². The summed E-state index contributed by atoms with van der Waals surface area (Å²) < 4.78 is 0. The van der Waals surface area contributed by atoms with Gasteiger partial charge in [0.25, 0.3) is 5.91 Å². The predicted octanol–water partition coefficient (Wildman–Crippen LogP) is 2.83. The van der Waals surface area contributed by atoms with E-state index in [0.717, 1.165) is 16.3 Å². The molecule has 1 aromatic heterocycles. The summed E-state index contributed by atoms with van der Waals surface area (Å²) >= 11 is 1.54. The number of carbonyl (C=O) groups is 1. The molecule has 0 saturated carbocycles. The highest BCUT2D eigenvalue weighted by atomic mass is 32.1. The molecule has 0 aliphatic rings. The fraction of sp³-hybridized carbons (Fsp3) is 0.286. The smallest absolute Gasteiger partial charge is 0.253 e. The van der Waals surface area contributed by atoms with E-state index in [4.69, 9.17) is 5.73 Å². The van der Waals surface area contributed by atoms with Crippen LogP contribution in [0, 0.1) is 13.8 Å². The number of nitrogen functional groups attached to an aromatic ring is 1. The number of carbonyl (C=O) groups excluding carboxylic acids is 1. The van der Waals surface area contributed by atoms with Crippen molar-refractivity contribution in [2.24, 2.45) is 0 Å². The molecule has 100 valence electrons. The lowest BCUT2D eigenvalue weighted by molar-refractivity contribution is 0.0940. The first kappa shape index (κ1) is 13.5. The molecule has 4 nitrogen and oxygen atoms in total. The Balaban J connectivity index is 2.12. The van der Waals surface area contributed by atoms with Gasteiger partial charge in [0.05, 0.1) is 11.6 Å². The van der Waals surface area contributed by atoms with Crippen molar-refractivity contribution in [3.63, 3.8) is 0 Å². The summed E-state index contributed by atoms with van der Waals surface area (Å²) in [6, 6.07) is 5.31. The number of nitrogens with one attached hydrogen (secondary N) is 1. The minimum atomic E-state index is -0.169. The number of nitrogens with two attached hydrogens (primary N) is 1. The second kappa shape index (κ2) is 5.40. The zero-order valence-corrected chi connectivity index (χ0v) is 12.0. The van der Waals surface area contributed by atoms with Crippen molar-refractivity contribution < 1.29 is 4.79 Å². The summed E-state index contributed by atoms with van der Waals surface area (Å²) in [4.78, 5) is 16.5. The van der Waals surface area contributed by atoms with Gasteiger partial charge in [0.2, 0.25) is 0 Å². The van der Waals surface area contributed by atoms with Gasteiger partial charge in [-0.25, -0.2) is 4.98 Å². The fourth-order valence-electron chi connectivity index (χ4n) is 1.80. The maximum atomic E-state index is 12.2. The molecule has 0 spiro atoms. The summed E-state index contributed by atoms with van der Waals surface area (Å²) in [6.45, 7) is 5.80. The molecule has 19 heavy (non-hydrogen) atoms. The lowest BCUT2D eigenvalue weighted by Gasteiger charge is -2.12. The second-order valence-electron chi connectivity index (χ2n) is 4.61. The third-order valence-electron chi connectivity index (χ3n) is 2.81. The van der Waals surface area contributed by atoms with Crippen LogP contribution in [-0.2, 0) is 0 Å². The average Bonchev–Trinajstić information content (AvgIpc) is 2.75. The maximum Gasteiger partial charge on any atom is 0.253 e. The Morgan fingerprint density at radius 3 is 2.74 bits per heavy atom. The van der Waals surface area contributed by atoms with E-state index in [1.165, 1.54) is 0 Å². The van der Waals surface area contributed by atoms with Gasteiger partial charge in [-0.3, -0.25) is 4.79 Å². The van der Waals surface area contributed by atoms with Crippen LogP contribution in [0.15, 0.2) is 23.6 Å². The van der Waals surface area contributed by atoms with Gasteiger partial charge in [-0.15, -0.1) is 11.3 Å². The van der Waals surface area contributed by atoms with Crippen LogP contribution >= 0.6 is 11.3 Å². The quantitative estimate of drug-likeness (QED) is 0.846. The number of amides is 1. The van der Waals surface area contributed by atoms with Crippen molar-refractivity contribution in [3.8, 4) is 0 Å². The second-order valence-corrected chi connectivity index (χ2v) is 5.50. The number of thiazole rings is 1. The molecule has 3 N–H and O–H groups in total. The van der Waals surface area contributed by atoms with Gasteiger partial charge in [-0.1, -0.05) is 6.07 Å². The lowest BCUT2D eigenvalue weighted by atomic mass is 10.1. The molecular weight excluding hydrogens is 258 g/mol. The normalized spacial score (nSPS) is 12.2. The number of aromatic nitrogens is 1. The average molecular weight is 275 g/mol. The molecule has 1 heterocycles. The van der Waals surface area contributed by atoms with Gasteiger partial charge in [0, 0.05) is 16.8 Å². The minimum absolute atomic E-state index is 0.119. The van der Waals surface area contributed by atoms with E-state index in [9.17, 15) is 4.79 Å². The van der Waals surface area contributed by atoms with Crippen molar-refractivity contribution >= 4 is 22.9 Å². The Hall–Kier alpha value is -1.88. The monoisotopic (exact) mass is 275 g/mol. The Kier molecular flexibility index (Phi) is 3.85. The van der Waals surface area contributed by atoms with Gasteiger partial charge < -0.3 is 11.1 Å². The van der Waals surface area contributed by atoms with Crippen LogP contribution in [-0.4, -0.2) is 10.9 Å². The molecule has 0 fully saturated rings. The van der Waals surface area contributed by atoms with E-state index in [2.05, 4.69) is 10.3 Å². The predicted molar refractivity (Wildman–Crippen MR) is 78.3 cm³/mol. The third kappa shape index (κ3) is 3.12. The number of rotatable bonds is 3. The number of hydrogen-bond acceptors (Lipinski definition) is 4. The molecule has 2 aromatic rings. The van der Waals surface area contributed by atoms with Crippen molar-refractivity contribution in [1.29, 1.82) is 0 Å². The minimum Gasteiger partial charge on any atom is -0.398 e. The molecule has 0 radical (unpaired) electrons. The summed E-state index contributed by atoms with van der Waals surface area (Å²) in [6.07, 6.45) is 0. The van der Waals surface area contributed by atoms with Gasteiger partial charge in [-0.2, -0.15) is 0 Å². The summed E-state index contributed by atoms with van der Waals surface area (Å²) in [5.74, 6) is -0.169. The largest absolute Gasteiger partial charge is 0.398 e. The first-order chi connectivity index (χ1) is 8.97. The van der Waals surface area contributed by atoms with Crippen molar-refractivity contribution in [1.82, 2.24) is 10.3 Å². The van der Waals surface area contributed by atoms with Crippen LogP contribution in [0.5, 0.6) is 0 Å². The number of benzene rings is 1. The van der Waals surface area contributed by atoms with Crippen molar-refractivity contribution in [3.05, 3.63) is 45.4 Å². The molecule has 0 aliphatic carbocycles. The van der Waals surface area contributed by atoms with E-state index in [1.54, 1.807) is 23.5 Å². The molecule has 0 aliphatic heterocycles. The van der Waals surface area contributed by atoms with Crippen molar-refractivity contribution in [2.75, 3.05) is 5.73 Å². The molecule has 1 aromatic carbocycles. The zero-order valence-electron chi connectivity index (χ0n) is 11.2. The number of aryl methyl sites for hydroxylation is 2. The third-order valence-corrected chi connectivity index (χ3v) is 3.95. The highest BCUT2D eigenvalue weighted by molar-refractivity contribution is 7.09. The number of hydrogen-bond donors (Lipinski definition) is 2. The molecular formula is C14H17N3OS. The molecule has 1 amide bonds. The molecule has 0 bridgehead atoms. The standard InChI is InChI=1S/C14H17N3OS/c1-8-4-5-11(12(15)6-8)13(18)17-10(3)14-16-9(2)7-19-14/h4-7,10H,15H2,1-3H3,(H,17,18). The molecule has 0 saturated heterocycles. The maximum absolute atomic E-state index is 12.2. The highest BCUT2D eigenvalue weighted by Gasteiger charge is 2.15. The molecule has 5 heteroatoms. The van der Waals surface area contributed by atoms with Gasteiger partial charge >= 0.3 is 0 Å². The van der Waals surface area contributed by atoms with Crippen LogP contribution in [0.4, 0.5) is 5.69 Å². The van der Waals surface area contributed by atoms with Gasteiger partial charge in [-0.05, 0) is 38.5 Å². The summed E-state index contributed by atoms with van der Waals surface area (Å²) in [5.41, 5.74) is 8.88. The van der Waals surface area contributed by atoms with E-state index in [-0.39, 0.29) is 11.9 Å². The molecule has 1 unspecified atom stereocenters. The van der Waals surface area contributed by atoms with E-state index in [1.807, 2.05) is 32.2 Å². The fourth-order valence-corrected chi connectivity index (χ4v) is 2.60. The van der Waals surface area contributed by atoms with Gasteiger partial charge in [0.1, 0.15) is 5.01 Å². The number of anilines is 1. The van der Waals surface area contributed by atoms with E-state index >= 15 is 0 Å². The Morgan fingerprint density at radius 2 is 2.16 bits per heavy atom. The Labute approximate surface area is 116 Å². The number of nitrogens with zero attached hydrogens (tertiary/aromatic N) is 1. The van der Waals surface area contributed by atoms with Crippen LogP contribution in [0.1, 0.15) is 39.6 Å².